The van der Waals surface area contributed by atoms with Crippen molar-refractivity contribution in [3.8, 4) is 11.1 Å². The van der Waals surface area contributed by atoms with Crippen molar-refractivity contribution in [3.05, 3.63) is 53.4 Å². The summed E-state index contributed by atoms with van der Waals surface area (Å²) >= 11 is 1.22. The Labute approximate surface area is 188 Å². The number of carbonyl (C=O) groups excluding carboxylic acids is 2. The molecule has 2 fully saturated rings. The lowest BCUT2D eigenvalue weighted by Gasteiger charge is -2.23. The molecule has 2 aromatic carbocycles. The number of ether oxygens (including phenoxy) is 2. The highest BCUT2D eigenvalue weighted by Gasteiger charge is 2.55. The zero-order chi connectivity index (χ0) is 22.4. The first-order valence-electron chi connectivity index (χ1n) is 10.4. The molecule has 4 atom stereocenters. The second-order valence-corrected chi connectivity index (χ2v) is 8.96. The van der Waals surface area contributed by atoms with Gasteiger partial charge in [0.25, 0.3) is 0 Å². The summed E-state index contributed by atoms with van der Waals surface area (Å²) in [6.07, 6.45) is 0.444. The van der Waals surface area contributed by atoms with Crippen LogP contribution in [0, 0.1) is 11.8 Å². The van der Waals surface area contributed by atoms with Gasteiger partial charge in [0, 0.05) is 10.9 Å². The highest BCUT2D eigenvalue weighted by atomic mass is 32.1. The van der Waals surface area contributed by atoms with Gasteiger partial charge in [-0.3, -0.25) is 9.59 Å². The molecule has 0 unspecified atom stereocenters. The van der Waals surface area contributed by atoms with Crippen molar-refractivity contribution in [2.45, 2.75) is 25.0 Å². The molecule has 164 valence electrons. The molecule has 7 nitrogen and oxygen atoms in total. The normalized spacial score (nSPS) is 23.9. The van der Waals surface area contributed by atoms with E-state index in [1.807, 2.05) is 42.5 Å². The first-order valence-corrected chi connectivity index (χ1v) is 11.2. The number of carboxylic acid groups (broad SMARTS) is 1. The lowest BCUT2D eigenvalue weighted by atomic mass is 9.79. The molecule has 0 saturated carbocycles. The highest BCUT2D eigenvalue weighted by molar-refractivity contribution is 7.15. The summed E-state index contributed by atoms with van der Waals surface area (Å²) in [6.45, 7) is 0. The van der Waals surface area contributed by atoms with Crippen LogP contribution in [0.15, 0.2) is 47.8 Å². The van der Waals surface area contributed by atoms with Gasteiger partial charge in [0.15, 0.2) is 0 Å². The fourth-order valence-electron chi connectivity index (χ4n) is 4.84. The molecule has 2 aliphatic heterocycles. The van der Waals surface area contributed by atoms with Crippen LogP contribution in [-0.2, 0) is 19.1 Å². The Balaban J connectivity index is 1.49. The number of aliphatic carboxylic acids is 1. The van der Waals surface area contributed by atoms with Crippen molar-refractivity contribution in [3.63, 3.8) is 0 Å². The quantitative estimate of drug-likeness (QED) is 0.565. The molecular weight excluding hydrogens is 430 g/mol. The molecular formula is C24H21NO6S. The molecule has 32 heavy (non-hydrogen) atoms. The summed E-state index contributed by atoms with van der Waals surface area (Å²) in [5.74, 6) is -3.71. The van der Waals surface area contributed by atoms with E-state index in [4.69, 9.17) is 9.47 Å². The number of methoxy groups -OCH3 is 1. The molecule has 0 spiro atoms. The molecule has 0 aliphatic carbocycles. The number of carboxylic acids is 1. The maximum Gasteiger partial charge on any atom is 0.341 e. The molecule has 5 rings (SSSR count). The number of benzene rings is 2. The van der Waals surface area contributed by atoms with Gasteiger partial charge in [-0.15, -0.1) is 11.3 Å². The molecule has 1 aromatic heterocycles. The van der Waals surface area contributed by atoms with Gasteiger partial charge in [-0.05, 0) is 35.2 Å². The largest absolute Gasteiger partial charge is 0.481 e. The topological polar surface area (TPSA) is 102 Å². The van der Waals surface area contributed by atoms with Gasteiger partial charge in [-0.2, -0.15) is 0 Å². The Hall–Kier alpha value is -3.23. The Morgan fingerprint density at radius 2 is 1.78 bits per heavy atom. The maximum absolute atomic E-state index is 13.1. The van der Waals surface area contributed by atoms with Gasteiger partial charge < -0.3 is 19.9 Å². The van der Waals surface area contributed by atoms with E-state index >= 15 is 0 Å². The number of fused-ring (bicyclic) bond motifs is 3. The number of rotatable bonds is 5. The second-order valence-electron chi connectivity index (χ2n) is 8.08. The summed E-state index contributed by atoms with van der Waals surface area (Å²) in [4.78, 5) is 37.5. The zero-order valence-electron chi connectivity index (χ0n) is 17.2. The summed E-state index contributed by atoms with van der Waals surface area (Å²) in [5, 5.41) is 16.7. The van der Waals surface area contributed by atoms with E-state index in [1.165, 1.54) is 18.4 Å². The molecule has 3 heterocycles. The first-order chi connectivity index (χ1) is 15.5. The van der Waals surface area contributed by atoms with Crippen LogP contribution in [0.4, 0.5) is 5.00 Å². The predicted octanol–water partition coefficient (Wildman–Crippen LogP) is 4.17. The Morgan fingerprint density at radius 3 is 2.50 bits per heavy atom. The van der Waals surface area contributed by atoms with E-state index in [2.05, 4.69) is 5.32 Å². The smallest absolute Gasteiger partial charge is 0.341 e. The van der Waals surface area contributed by atoms with E-state index in [-0.39, 0.29) is 5.56 Å². The number of esters is 1. The number of thiophene rings is 1. The van der Waals surface area contributed by atoms with Crippen LogP contribution in [0.3, 0.4) is 0 Å². The number of anilines is 1. The summed E-state index contributed by atoms with van der Waals surface area (Å²) in [7, 11) is 1.29. The number of hydrogen-bond donors (Lipinski definition) is 2. The average molecular weight is 452 g/mol. The number of amides is 1. The zero-order valence-corrected chi connectivity index (χ0v) is 18.1. The summed E-state index contributed by atoms with van der Waals surface area (Å²) in [5.41, 5.74) is 1.74. The summed E-state index contributed by atoms with van der Waals surface area (Å²) < 4.78 is 10.7. The number of carbonyl (C=O) groups is 3. The van der Waals surface area contributed by atoms with Crippen LogP contribution in [0.25, 0.3) is 21.9 Å². The minimum atomic E-state index is -1.03. The van der Waals surface area contributed by atoms with Gasteiger partial charge in [0.2, 0.25) is 5.91 Å². The molecule has 1 amide bonds. The Bertz CT molecular complexity index is 1230. The van der Waals surface area contributed by atoms with Crippen molar-refractivity contribution >= 4 is 45.0 Å². The van der Waals surface area contributed by atoms with Crippen LogP contribution in [-0.4, -0.2) is 42.3 Å². The van der Waals surface area contributed by atoms with Crippen molar-refractivity contribution in [2.75, 3.05) is 12.4 Å². The SMILES string of the molecule is COC(=O)c1c(-c2ccc3ccccc3c2)csc1NC(=O)[C@H]1[C@H](C(=O)O)[C@H]2CC[C@H]1O2. The molecule has 3 aromatic rings. The third-order valence-electron chi connectivity index (χ3n) is 6.34. The van der Waals surface area contributed by atoms with Gasteiger partial charge in [-0.25, -0.2) is 4.79 Å². The van der Waals surface area contributed by atoms with Crippen molar-refractivity contribution in [2.24, 2.45) is 11.8 Å². The second kappa shape index (κ2) is 8.03. The maximum atomic E-state index is 13.1. The number of nitrogens with one attached hydrogen (secondary N) is 1. The highest BCUT2D eigenvalue weighted by Crippen LogP contribution is 2.45. The minimum Gasteiger partial charge on any atom is -0.481 e. The molecule has 0 radical (unpaired) electrons. The monoisotopic (exact) mass is 451 g/mol. The summed E-state index contributed by atoms with van der Waals surface area (Å²) in [6, 6.07) is 13.8. The lowest BCUT2D eigenvalue weighted by molar-refractivity contribution is -0.147. The Kier molecular flexibility index (Phi) is 5.19. The van der Waals surface area contributed by atoms with Crippen LogP contribution < -0.4 is 5.32 Å². The third kappa shape index (κ3) is 3.36. The molecule has 2 aliphatic rings. The van der Waals surface area contributed by atoms with Crippen LogP contribution in [0.2, 0.25) is 0 Å². The Morgan fingerprint density at radius 1 is 1.06 bits per heavy atom. The fraction of sp³-hybridized carbons (Fsp3) is 0.292. The van der Waals surface area contributed by atoms with E-state index in [1.54, 1.807) is 5.38 Å². The van der Waals surface area contributed by atoms with Crippen LogP contribution in [0.5, 0.6) is 0 Å². The molecule has 8 heteroatoms. The van der Waals surface area contributed by atoms with Gasteiger partial charge in [0.1, 0.15) is 10.6 Å². The van der Waals surface area contributed by atoms with E-state index in [0.29, 0.717) is 23.4 Å². The van der Waals surface area contributed by atoms with Crippen molar-refractivity contribution in [1.82, 2.24) is 0 Å². The molecule has 2 N–H and O–H groups in total. The van der Waals surface area contributed by atoms with Gasteiger partial charge in [-0.1, -0.05) is 36.4 Å². The minimum absolute atomic E-state index is 0.261. The fourth-order valence-corrected chi connectivity index (χ4v) is 5.80. The van der Waals surface area contributed by atoms with Crippen LogP contribution >= 0.6 is 11.3 Å². The molecule has 2 saturated heterocycles. The van der Waals surface area contributed by atoms with Crippen molar-refractivity contribution < 1.29 is 29.0 Å². The van der Waals surface area contributed by atoms with Gasteiger partial charge in [0.05, 0.1) is 31.2 Å². The average Bonchev–Trinajstić information content (AvgIpc) is 3.52. The van der Waals surface area contributed by atoms with E-state index in [9.17, 15) is 19.5 Å². The third-order valence-corrected chi connectivity index (χ3v) is 7.23. The standard InChI is InChI=1S/C24H21NO6S/c1-30-24(29)18-15(14-7-6-12-4-2-3-5-13(12)10-14)11-32-22(18)25-21(26)19-16-8-9-17(31-16)20(19)23(27)28/h2-7,10-11,16-17,19-20H,8-9H2,1H3,(H,25,26)(H,27,28)/t16-,17-,19-,20-/m1/s1. The van der Waals surface area contributed by atoms with Crippen LogP contribution in [0.1, 0.15) is 23.2 Å². The number of hydrogen-bond acceptors (Lipinski definition) is 6. The lowest BCUT2D eigenvalue weighted by Crippen LogP contribution is -2.41. The van der Waals surface area contributed by atoms with E-state index in [0.717, 1.165) is 16.3 Å². The van der Waals surface area contributed by atoms with E-state index < -0.39 is 41.9 Å². The van der Waals surface area contributed by atoms with Gasteiger partial charge >= 0.3 is 11.9 Å². The predicted molar refractivity (Wildman–Crippen MR) is 120 cm³/mol. The molecule has 2 bridgehead atoms. The first kappa shape index (κ1) is 20.7. The van der Waals surface area contributed by atoms with Crippen molar-refractivity contribution in [1.29, 1.82) is 0 Å².